The molecule has 0 saturated carbocycles. The van der Waals surface area contributed by atoms with Crippen LogP contribution in [0.15, 0.2) is 17.0 Å². The second-order valence-corrected chi connectivity index (χ2v) is 10.7. The van der Waals surface area contributed by atoms with Gasteiger partial charge in [0.1, 0.15) is 13.2 Å². The van der Waals surface area contributed by atoms with Crippen LogP contribution in [0.25, 0.3) is 0 Å². The molecule has 10 heteroatoms. The summed E-state index contributed by atoms with van der Waals surface area (Å²) in [5.74, 6) is 1.87. The Bertz CT molecular complexity index is 869. The fourth-order valence-corrected chi connectivity index (χ4v) is 6.28. The van der Waals surface area contributed by atoms with E-state index in [1.807, 2.05) is 23.3 Å². The first-order chi connectivity index (χ1) is 13.9. The van der Waals surface area contributed by atoms with Crippen LogP contribution in [0, 0.1) is 0 Å². The van der Waals surface area contributed by atoms with Crippen LogP contribution in [0.5, 0.6) is 11.5 Å². The number of carbonyl (C=O) groups excluding carboxylic acids is 1. The molecule has 3 aliphatic heterocycles. The fourth-order valence-electron chi connectivity index (χ4n) is 4.04. The number of amides is 2. The maximum atomic E-state index is 12.8. The summed E-state index contributed by atoms with van der Waals surface area (Å²) < 4.78 is 34.5. The number of hydrogen-bond donors (Lipinski definition) is 2. The Kier molecular flexibility index (Phi) is 6.12. The topological polar surface area (TPSA) is 97.0 Å². The first kappa shape index (κ1) is 20.6. The highest BCUT2D eigenvalue weighted by Gasteiger charge is 2.31. The van der Waals surface area contributed by atoms with Crippen molar-refractivity contribution >= 4 is 33.3 Å². The van der Waals surface area contributed by atoms with Crippen molar-refractivity contribution in [2.24, 2.45) is 0 Å². The van der Waals surface area contributed by atoms with Crippen LogP contribution < -0.4 is 20.1 Å². The van der Waals surface area contributed by atoms with Crippen LogP contribution >= 0.6 is 11.8 Å². The van der Waals surface area contributed by atoms with Crippen LogP contribution in [0.4, 0.5) is 10.5 Å². The van der Waals surface area contributed by atoms with Crippen molar-refractivity contribution < 1.29 is 22.7 Å². The molecule has 0 unspecified atom stereocenters. The highest BCUT2D eigenvalue weighted by Crippen LogP contribution is 2.39. The number of hydrogen-bond acceptors (Lipinski definition) is 7. The number of benzene rings is 1. The zero-order valence-corrected chi connectivity index (χ0v) is 18.1. The van der Waals surface area contributed by atoms with Crippen molar-refractivity contribution in [2.45, 2.75) is 36.2 Å². The second kappa shape index (κ2) is 8.61. The number of piperidine rings is 1. The van der Waals surface area contributed by atoms with Crippen LogP contribution in [0.2, 0.25) is 0 Å². The number of nitrogens with one attached hydrogen (secondary N) is 2. The lowest BCUT2D eigenvalue weighted by molar-refractivity contribution is 0.171. The number of sulfone groups is 1. The van der Waals surface area contributed by atoms with E-state index < -0.39 is 9.84 Å². The van der Waals surface area contributed by atoms with Crippen LogP contribution in [-0.4, -0.2) is 75.5 Å². The van der Waals surface area contributed by atoms with Crippen molar-refractivity contribution in [2.75, 3.05) is 49.4 Å². The van der Waals surface area contributed by atoms with Gasteiger partial charge in [0.15, 0.2) is 21.3 Å². The minimum atomic E-state index is -2.88. The van der Waals surface area contributed by atoms with Gasteiger partial charge in [-0.2, -0.15) is 0 Å². The summed E-state index contributed by atoms with van der Waals surface area (Å²) in [6.45, 7) is 2.31. The number of likely N-dealkylation sites (tertiary alicyclic amines) is 1. The first-order valence-corrected chi connectivity index (χ1v) is 13.0. The Hall–Kier alpha value is -1.65. The monoisotopic (exact) mass is 441 g/mol. The third-order valence-corrected chi connectivity index (χ3v) is 8.14. The van der Waals surface area contributed by atoms with Crippen molar-refractivity contribution in [1.82, 2.24) is 10.2 Å². The number of fused-ring (bicyclic) bond motifs is 1. The van der Waals surface area contributed by atoms with Crippen molar-refractivity contribution in [3.05, 3.63) is 12.1 Å². The van der Waals surface area contributed by atoms with E-state index in [0.29, 0.717) is 44.2 Å². The molecule has 3 aliphatic rings. The van der Waals surface area contributed by atoms with Gasteiger partial charge in [0.25, 0.3) is 0 Å². The molecule has 4 rings (SSSR count). The molecule has 1 atom stereocenters. The molecular weight excluding hydrogens is 414 g/mol. The molecule has 0 bridgehead atoms. The minimum absolute atomic E-state index is 0.0484. The Balaban J connectivity index is 1.32. The summed E-state index contributed by atoms with van der Waals surface area (Å²) in [7, 11) is -2.88. The third-order valence-electron chi connectivity index (χ3n) is 5.59. The zero-order valence-electron chi connectivity index (χ0n) is 16.5. The zero-order chi connectivity index (χ0) is 20.4. The van der Waals surface area contributed by atoms with Crippen LogP contribution in [-0.2, 0) is 9.84 Å². The van der Waals surface area contributed by atoms with Gasteiger partial charge in [-0.1, -0.05) is 0 Å². The summed E-state index contributed by atoms with van der Waals surface area (Å²) in [5.41, 5.74) is 0.725. The summed E-state index contributed by atoms with van der Waals surface area (Å²) in [6.07, 6.45) is 4.28. The Morgan fingerprint density at radius 3 is 2.41 bits per heavy atom. The Labute approximate surface area is 175 Å². The molecule has 2 fully saturated rings. The van der Waals surface area contributed by atoms with Gasteiger partial charge in [0.05, 0.1) is 17.2 Å². The summed E-state index contributed by atoms with van der Waals surface area (Å²) in [6, 6.07) is 3.91. The molecule has 29 heavy (non-hydrogen) atoms. The van der Waals surface area contributed by atoms with Gasteiger partial charge in [-0.25, -0.2) is 13.2 Å². The Morgan fingerprint density at radius 1 is 1.10 bits per heavy atom. The summed E-state index contributed by atoms with van der Waals surface area (Å²) >= 11 is 1.55. The molecule has 1 aromatic rings. The van der Waals surface area contributed by atoms with Gasteiger partial charge >= 0.3 is 6.03 Å². The normalized spacial score (nSPS) is 23.8. The van der Waals surface area contributed by atoms with Crippen LogP contribution in [0.3, 0.4) is 0 Å². The standard InChI is InChI=1S/C19H27N3O5S2/c1-28-18-11-17-16(26-7-8-27-17)10-15(18)21-19(23)22-5-2-13(3-6-22)20-14-4-9-29(24,25)12-14/h10-11,13-14,20H,2-9,12H2,1H3,(H,21,23)/t14-/m0/s1. The lowest BCUT2D eigenvalue weighted by Gasteiger charge is -2.34. The molecule has 2 amide bonds. The van der Waals surface area contributed by atoms with Crippen molar-refractivity contribution in [1.29, 1.82) is 0 Å². The molecule has 0 aliphatic carbocycles. The number of thioether (sulfide) groups is 1. The molecule has 8 nitrogen and oxygen atoms in total. The van der Waals surface area contributed by atoms with Gasteiger partial charge in [-0.05, 0) is 31.6 Å². The van der Waals surface area contributed by atoms with Gasteiger partial charge < -0.3 is 25.0 Å². The van der Waals surface area contributed by atoms with Crippen molar-refractivity contribution in [3.8, 4) is 11.5 Å². The summed E-state index contributed by atoms with van der Waals surface area (Å²) in [4.78, 5) is 15.5. The summed E-state index contributed by atoms with van der Waals surface area (Å²) in [5, 5.41) is 6.47. The number of anilines is 1. The average molecular weight is 442 g/mol. The van der Waals surface area contributed by atoms with E-state index >= 15 is 0 Å². The lowest BCUT2D eigenvalue weighted by atomic mass is 10.0. The largest absolute Gasteiger partial charge is 0.486 e. The van der Waals surface area contributed by atoms with E-state index in [9.17, 15) is 13.2 Å². The molecule has 0 radical (unpaired) electrons. The molecule has 2 saturated heterocycles. The van der Waals surface area contributed by atoms with Crippen molar-refractivity contribution in [3.63, 3.8) is 0 Å². The third kappa shape index (κ3) is 4.92. The van der Waals surface area contributed by atoms with E-state index in [4.69, 9.17) is 9.47 Å². The molecule has 0 aromatic heterocycles. The molecule has 0 spiro atoms. The quantitative estimate of drug-likeness (QED) is 0.690. The van der Waals surface area contributed by atoms with E-state index in [0.717, 1.165) is 23.4 Å². The SMILES string of the molecule is CSc1cc2c(cc1NC(=O)N1CCC(N[C@H]3CCS(=O)(=O)C3)CC1)OCCO2. The molecule has 160 valence electrons. The molecule has 2 N–H and O–H groups in total. The van der Waals surface area contributed by atoms with Gasteiger partial charge in [0.2, 0.25) is 0 Å². The van der Waals surface area contributed by atoms with Gasteiger partial charge in [-0.15, -0.1) is 11.8 Å². The van der Waals surface area contributed by atoms with E-state index in [-0.39, 0.29) is 29.6 Å². The Morgan fingerprint density at radius 2 is 1.79 bits per heavy atom. The maximum absolute atomic E-state index is 12.8. The van der Waals surface area contributed by atoms with E-state index in [1.54, 1.807) is 11.8 Å². The minimum Gasteiger partial charge on any atom is -0.486 e. The highest BCUT2D eigenvalue weighted by molar-refractivity contribution is 7.98. The number of rotatable bonds is 4. The van der Waals surface area contributed by atoms with Crippen LogP contribution in [0.1, 0.15) is 19.3 Å². The smallest absolute Gasteiger partial charge is 0.321 e. The molecule has 1 aromatic carbocycles. The number of nitrogens with zero attached hydrogens (tertiary/aromatic N) is 1. The van der Waals surface area contributed by atoms with E-state index in [2.05, 4.69) is 10.6 Å². The molecular formula is C19H27N3O5S2. The predicted octanol–water partition coefficient (Wildman–Crippen LogP) is 1.95. The maximum Gasteiger partial charge on any atom is 0.321 e. The number of ether oxygens (including phenoxy) is 2. The number of carbonyl (C=O) groups is 1. The second-order valence-electron chi connectivity index (χ2n) is 7.65. The lowest BCUT2D eigenvalue weighted by Crippen LogP contribution is -2.49. The number of urea groups is 1. The first-order valence-electron chi connectivity index (χ1n) is 9.93. The van der Waals surface area contributed by atoms with Gasteiger partial charge in [-0.3, -0.25) is 0 Å². The van der Waals surface area contributed by atoms with Gasteiger partial charge in [0, 0.05) is 36.1 Å². The fraction of sp³-hybridized carbons (Fsp3) is 0.632. The predicted molar refractivity (Wildman–Crippen MR) is 113 cm³/mol. The molecule has 3 heterocycles. The highest BCUT2D eigenvalue weighted by atomic mass is 32.2. The average Bonchev–Trinajstić information content (AvgIpc) is 3.06. The van der Waals surface area contributed by atoms with E-state index in [1.165, 1.54) is 0 Å².